The molecule has 6 nitrogen and oxygen atoms in total. The SMILES string of the molecule is O=C(O)C=CC(=O)O.c1cnccn1. The third-order valence-electron chi connectivity index (χ3n) is 0.846. The number of rotatable bonds is 2. The van der Waals surface area contributed by atoms with Crippen LogP contribution in [0.3, 0.4) is 0 Å². The van der Waals surface area contributed by atoms with Crippen molar-refractivity contribution < 1.29 is 19.8 Å². The van der Waals surface area contributed by atoms with Gasteiger partial charge in [-0.05, 0) is 0 Å². The van der Waals surface area contributed by atoms with Crippen LogP contribution in [0.5, 0.6) is 0 Å². The fourth-order valence-electron chi connectivity index (χ4n) is 0.396. The maximum Gasteiger partial charge on any atom is 0.328 e. The van der Waals surface area contributed by atoms with Crippen molar-refractivity contribution in [2.24, 2.45) is 0 Å². The first kappa shape index (κ1) is 11.8. The van der Waals surface area contributed by atoms with Gasteiger partial charge in [0, 0.05) is 36.9 Å². The molecule has 0 aromatic carbocycles. The Morgan fingerprint density at radius 2 is 1.14 bits per heavy atom. The summed E-state index contributed by atoms with van der Waals surface area (Å²) in [5, 5.41) is 15.6. The predicted octanol–water partition coefficient (Wildman–Crippen LogP) is 0.188. The topological polar surface area (TPSA) is 100 Å². The number of carboxylic acid groups (broad SMARTS) is 2. The lowest BCUT2D eigenvalue weighted by molar-refractivity contribution is -0.134. The molecule has 0 aliphatic heterocycles. The summed E-state index contributed by atoms with van der Waals surface area (Å²) in [4.78, 5) is 26.6. The first-order valence-electron chi connectivity index (χ1n) is 3.47. The van der Waals surface area contributed by atoms with Crippen LogP contribution in [-0.4, -0.2) is 32.1 Å². The monoisotopic (exact) mass is 196 g/mol. The number of carbonyl (C=O) groups is 2. The fourth-order valence-corrected chi connectivity index (χ4v) is 0.396. The molecule has 0 bridgehead atoms. The molecule has 0 atom stereocenters. The normalized spacial score (nSPS) is 8.86. The molecule has 2 N–H and O–H groups in total. The molecule has 0 saturated heterocycles. The molecule has 0 unspecified atom stereocenters. The molecule has 0 fully saturated rings. The molecule has 1 heterocycles. The second kappa shape index (κ2) is 7.41. The zero-order chi connectivity index (χ0) is 10.8. The lowest BCUT2D eigenvalue weighted by Gasteiger charge is -1.74. The summed E-state index contributed by atoms with van der Waals surface area (Å²) in [6.07, 6.45) is 7.67. The van der Waals surface area contributed by atoms with Crippen LogP contribution in [0.1, 0.15) is 0 Å². The molecule has 0 aliphatic rings. The fraction of sp³-hybridized carbons (Fsp3) is 0. The summed E-state index contributed by atoms with van der Waals surface area (Å²) in [5.74, 6) is -2.51. The minimum absolute atomic E-state index is 0.558. The molecule has 6 heteroatoms. The molecular weight excluding hydrogens is 188 g/mol. The van der Waals surface area contributed by atoms with Gasteiger partial charge in [-0.3, -0.25) is 9.97 Å². The third kappa shape index (κ3) is 9.76. The zero-order valence-corrected chi connectivity index (χ0v) is 7.07. The number of carboxylic acids is 2. The molecular formula is C8H8N2O4. The largest absolute Gasteiger partial charge is 0.478 e. The Bertz CT molecular complexity index is 268. The van der Waals surface area contributed by atoms with Gasteiger partial charge in [0.25, 0.3) is 0 Å². The minimum atomic E-state index is -1.26. The van der Waals surface area contributed by atoms with Gasteiger partial charge in [-0.25, -0.2) is 9.59 Å². The van der Waals surface area contributed by atoms with Crippen molar-refractivity contribution in [2.45, 2.75) is 0 Å². The van der Waals surface area contributed by atoms with Crippen molar-refractivity contribution in [1.82, 2.24) is 9.97 Å². The summed E-state index contributed by atoms with van der Waals surface area (Å²) < 4.78 is 0. The van der Waals surface area contributed by atoms with Gasteiger partial charge >= 0.3 is 11.9 Å². The van der Waals surface area contributed by atoms with Crippen LogP contribution < -0.4 is 0 Å². The number of aliphatic carboxylic acids is 2. The second-order valence-electron chi connectivity index (χ2n) is 1.90. The van der Waals surface area contributed by atoms with Gasteiger partial charge in [-0.15, -0.1) is 0 Å². The van der Waals surface area contributed by atoms with Crippen LogP contribution in [0.15, 0.2) is 36.9 Å². The van der Waals surface area contributed by atoms with E-state index in [0.717, 1.165) is 0 Å². The van der Waals surface area contributed by atoms with E-state index in [2.05, 4.69) is 9.97 Å². The average Bonchev–Trinajstić information content (AvgIpc) is 2.18. The molecule has 14 heavy (non-hydrogen) atoms. The van der Waals surface area contributed by atoms with Gasteiger partial charge in [0.2, 0.25) is 0 Å². The predicted molar refractivity (Wildman–Crippen MR) is 46.4 cm³/mol. The zero-order valence-electron chi connectivity index (χ0n) is 7.07. The summed E-state index contributed by atoms with van der Waals surface area (Å²) in [7, 11) is 0. The number of hydrogen-bond donors (Lipinski definition) is 2. The maximum absolute atomic E-state index is 9.55. The van der Waals surface area contributed by atoms with E-state index < -0.39 is 11.9 Å². The molecule has 1 aromatic rings. The van der Waals surface area contributed by atoms with E-state index in [1.165, 1.54) is 0 Å². The van der Waals surface area contributed by atoms with Gasteiger partial charge < -0.3 is 10.2 Å². The molecule has 1 rings (SSSR count). The summed E-state index contributed by atoms with van der Waals surface area (Å²) in [6.45, 7) is 0. The second-order valence-corrected chi connectivity index (χ2v) is 1.90. The average molecular weight is 196 g/mol. The first-order valence-corrected chi connectivity index (χ1v) is 3.47. The highest BCUT2D eigenvalue weighted by molar-refractivity contribution is 5.89. The smallest absolute Gasteiger partial charge is 0.328 e. The first-order chi connectivity index (χ1) is 6.63. The van der Waals surface area contributed by atoms with Gasteiger partial charge in [0.15, 0.2) is 0 Å². The van der Waals surface area contributed by atoms with E-state index >= 15 is 0 Å². The van der Waals surface area contributed by atoms with Gasteiger partial charge in [-0.1, -0.05) is 0 Å². The summed E-state index contributed by atoms with van der Waals surface area (Å²) >= 11 is 0. The van der Waals surface area contributed by atoms with Crippen molar-refractivity contribution in [1.29, 1.82) is 0 Å². The van der Waals surface area contributed by atoms with E-state index in [-0.39, 0.29) is 0 Å². The molecule has 0 saturated carbocycles. The Morgan fingerprint density at radius 1 is 0.857 bits per heavy atom. The number of nitrogens with zero attached hydrogens (tertiary/aromatic N) is 2. The lowest BCUT2D eigenvalue weighted by atomic mass is 10.5. The van der Waals surface area contributed by atoms with Crippen molar-refractivity contribution in [3.8, 4) is 0 Å². The highest BCUT2D eigenvalue weighted by atomic mass is 16.4. The number of hydrogen-bond acceptors (Lipinski definition) is 4. The summed E-state index contributed by atoms with van der Waals surface area (Å²) in [5.41, 5.74) is 0. The quantitative estimate of drug-likeness (QED) is 0.655. The van der Waals surface area contributed by atoms with Gasteiger partial charge in [-0.2, -0.15) is 0 Å². The molecule has 0 aliphatic carbocycles. The highest BCUT2D eigenvalue weighted by Gasteiger charge is 1.88. The van der Waals surface area contributed by atoms with Crippen LogP contribution in [0.2, 0.25) is 0 Å². The van der Waals surface area contributed by atoms with Crippen molar-refractivity contribution >= 4 is 11.9 Å². The molecule has 0 amide bonds. The molecule has 1 aromatic heterocycles. The van der Waals surface area contributed by atoms with E-state index in [0.29, 0.717) is 12.2 Å². The Morgan fingerprint density at radius 3 is 1.29 bits per heavy atom. The third-order valence-corrected chi connectivity index (χ3v) is 0.846. The summed E-state index contributed by atoms with van der Waals surface area (Å²) in [6, 6.07) is 0. The van der Waals surface area contributed by atoms with E-state index in [1.807, 2.05) is 0 Å². The van der Waals surface area contributed by atoms with Crippen LogP contribution in [-0.2, 0) is 9.59 Å². The minimum Gasteiger partial charge on any atom is -0.478 e. The Kier molecular flexibility index (Phi) is 6.23. The van der Waals surface area contributed by atoms with E-state index in [4.69, 9.17) is 10.2 Å². The molecule has 0 spiro atoms. The Labute approximate surface area is 79.6 Å². The van der Waals surface area contributed by atoms with Crippen LogP contribution in [0.4, 0.5) is 0 Å². The van der Waals surface area contributed by atoms with Crippen molar-refractivity contribution in [3.05, 3.63) is 36.9 Å². The lowest BCUT2D eigenvalue weighted by Crippen LogP contribution is -1.91. The van der Waals surface area contributed by atoms with Crippen LogP contribution in [0.25, 0.3) is 0 Å². The van der Waals surface area contributed by atoms with Gasteiger partial charge in [0.05, 0.1) is 0 Å². The van der Waals surface area contributed by atoms with E-state index in [1.54, 1.807) is 24.8 Å². The van der Waals surface area contributed by atoms with Crippen LogP contribution in [0, 0.1) is 0 Å². The van der Waals surface area contributed by atoms with Crippen LogP contribution >= 0.6 is 0 Å². The Balaban J connectivity index is 0.000000249. The Hall–Kier alpha value is -2.24. The maximum atomic E-state index is 9.55. The highest BCUT2D eigenvalue weighted by Crippen LogP contribution is 1.70. The number of aromatic nitrogens is 2. The molecule has 74 valence electrons. The van der Waals surface area contributed by atoms with Crippen molar-refractivity contribution in [3.63, 3.8) is 0 Å². The standard InChI is InChI=1S/C4H4N2.C4H4O4/c1-2-6-4-3-5-1;5-3(6)1-2-4(7)8/h1-4H;1-2H,(H,5,6)(H,7,8). The van der Waals surface area contributed by atoms with Crippen molar-refractivity contribution in [2.75, 3.05) is 0 Å². The van der Waals surface area contributed by atoms with Gasteiger partial charge in [0.1, 0.15) is 0 Å². The van der Waals surface area contributed by atoms with E-state index in [9.17, 15) is 9.59 Å². The molecule has 0 radical (unpaired) electrons.